The number of rotatable bonds is 4. The van der Waals surface area contributed by atoms with Gasteiger partial charge in [0.1, 0.15) is 0 Å². The summed E-state index contributed by atoms with van der Waals surface area (Å²) in [6.45, 7) is 11.1. The predicted molar refractivity (Wildman–Crippen MR) is 122 cm³/mol. The van der Waals surface area contributed by atoms with Crippen LogP contribution in [0.3, 0.4) is 0 Å². The molecule has 30 heavy (non-hydrogen) atoms. The molecule has 3 nitrogen and oxygen atoms in total. The lowest BCUT2D eigenvalue weighted by atomic mass is 9.47. The molecule has 0 amide bonds. The van der Waals surface area contributed by atoms with Crippen LogP contribution >= 0.6 is 0 Å². The molecule has 0 bridgehead atoms. The molecular weight excluding hydrogens is 372 g/mol. The molecule has 4 rings (SSSR count). The second-order valence-electron chi connectivity index (χ2n) is 12.1. The molecular formula is C27H44O3. The van der Waals surface area contributed by atoms with E-state index in [0.717, 1.165) is 57.8 Å². The van der Waals surface area contributed by atoms with Crippen LogP contribution in [-0.2, 0) is 0 Å². The Labute approximate surface area is 183 Å². The summed E-state index contributed by atoms with van der Waals surface area (Å²) in [5, 5.41) is 32.9. The van der Waals surface area contributed by atoms with E-state index in [1.165, 1.54) is 5.57 Å². The van der Waals surface area contributed by atoms with Crippen molar-refractivity contribution in [1.29, 1.82) is 0 Å². The smallest absolute Gasteiger partial charge is 0.0656 e. The highest BCUT2D eigenvalue weighted by Crippen LogP contribution is 2.66. The van der Waals surface area contributed by atoms with Crippen LogP contribution < -0.4 is 0 Å². The van der Waals surface area contributed by atoms with E-state index in [0.29, 0.717) is 17.8 Å². The SMILES string of the molecule is CC(C)=CCCC(C)(O)C1CCC2C3CC(O)C4CC(O)CCC4(C)C3=CCC21C. The monoisotopic (exact) mass is 416 g/mol. The van der Waals surface area contributed by atoms with Crippen molar-refractivity contribution in [2.45, 2.75) is 110 Å². The van der Waals surface area contributed by atoms with E-state index in [1.54, 1.807) is 5.57 Å². The lowest BCUT2D eigenvalue weighted by molar-refractivity contribution is -0.0975. The van der Waals surface area contributed by atoms with Crippen molar-refractivity contribution in [2.75, 3.05) is 0 Å². The average molecular weight is 417 g/mol. The highest BCUT2D eigenvalue weighted by Gasteiger charge is 2.61. The van der Waals surface area contributed by atoms with E-state index in [9.17, 15) is 15.3 Å². The van der Waals surface area contributed by atoms with E-state index in [1.807, 2.05) is 0 Å². The Morgan fingerprint density at radius 1 is 1.13 bits per heavy atom. The molecule has 0 aliphatic heterocycles. The quantitative estimate of drug-likeness (QED) is 0.538. The summed E-state index contributed by atoms with van der Waals surface area (Å²) >= 11 is 0. The van der Waals surface area contributed by atoms with Gasteiger partial charge in [-0.05, 0) is 113 Å². The summed E-state index contributed by atoms with van der Waals surface area (Å²) in [6.07, 6.45) is 12.7. The molecule has 3 N–H and O–H groups in total. The zero-order valence-electron chi connectivity index (χ0n) is 19.8. The van der Waals surface area contributed by atoms with E-state index in [-0.39, 0.29) is 29.0 Å². The molecule has 0 aromatic carbocycles. The maximum absolute atomic E-state index is 11.5. The Bertz CT molecular complexity index is 718. The first-order valence-electron chi connectivity index (χ1n) is 12.4. The molecule has 4 aliphatic carbocycles. The number of hydrogen-bond acceptors (Lipinski definition) is 3. The summed E-state index contributed by atoms with van der Waals surface area (Å²) in [5.74, 6) is 1.50. The van der Waals surface area contributed by atoms with Crippen molar-refractivity contribution in [2.24, 2.45) is 34.5 Å². The van der Waals surface area contributed by atoms with Crippen LogP contribution in [0.25, 0.3) is 0 Å². The van der Waals surface area contributed by atoms with Gasteiger partial charge in [0.25, 0.3) is 0 Å². The molecule has 3 heteroatoms. The van der Waals surface area contributed by atoms with Gasteiger partial charge in [-0.3, -0.25) is 0 Å². The number of aliphatic hydroxyl groups excluding tert-OH is 2. The zero-order chi connectivity index (χ0) is 21.9. The maximum Gasteiger partial charge on any atom is 0.0656 e. The van der Waals surface area contributed by atoms with Crippen LogP contribution in [0.15, 0.2) is 23.3 Å². The van der Waals surface area contributed by atoms with Crippen LogP contribution in [-0.4, -0.2) is 33.1 Å². The molecule has 0 aromatic rings. The van der Waals surface area contributed by atoms with E-state index < -0.39 is 5.60 Å². The van der Waals surface area contributed by atoms with Crippen LogP contribution in [0.1, 0.15) is 92.4 Å². The highest BCUT2D eigenvalue weighted by atomic mass is 16.3. The largest absolute Gasteiger partial charge is 0.393 e. The molecule has 0 saturated heterocycles. The summed E-state index contributed by atoms with van der Waals surface area (Å²) in [5.41, 5.74) is 2.41. The summed E-state index contributed by atoms with van der Waals surface area (Å²) in [6, 6.07) is 0. The minimum atomic E-state index is -0.643. The van der Waals surface area contributed by atoms with Gasteiger partial charge in [0, 0.05) is 0 Å². The van der Waals surface area contributed by atoms with Crippen LogP contribution in [0.5, 0.6) is 0 Å². The fraction of sp³-hybridized carbons (Fsp3) is 0.852. The van der Waals surface area contributed by atoms with Crippen molar-refractivity contribution < 1.29 is 15.3 Å². The summed E-state index contributed by atoms with van der Waals surface area (Å²) < 4.78 is 0. The fourth-order valence-electron chi connectivity index (χ4n) is 8.40. The molecule has 0 spiro atoms. The zero-order valence-corrected chi connectivity index (χ0v) is 19.8. The first kappa shape index (κ1) is 22.6. The van der Waals surface area contributed by atoms with Crippen LogP contribution in [0.2, 0.25) is 0 Å². The maximum atomic E-state index is 11.5. The van der Waals surface area contributed by atoms with Gasteiger partial charge < -0.3 is 15.3 Å². The fourth-order valence-corrected chi connectivity index (χ4v) is 8.40. The van der Waals surface area contributed by atoms with Gasteiger partial charge in [-0.1, -0.05) is 37.1 Å². The van der Waals surface area contributed by atoms with Crippen LogP contribution in [0.4, 0.5) is 0 Å². The third kappa shape index (κ3) is 3.53. The Morgan fingerprint density at radius 3 is 2.57 bits per heavy atom. The Balaban J connectivity index is 1.60. The summed E-state index contributed by atoms with van der Waals surface area (Å²) in [7, 11) is 0. The first-order chi connectivity index (χ1) is 14.0. The minimum Gasteiger partial charge on any atom is -0.393 e. The molecule has 4 aliphatic rings. The van der Waals surface area contributed by atoms with Crippen molar-refractivity contribution in [3.05, 3.63) is 23.3 Å². The molecule has 170 valence electrons. The van der Waals surface area contributed by atoms with Crippen molar-refractivity contribution in [3.8, 4) is 0 Å². The van der Waals surface area contributed by atoms with Gasteiger partial charge in [-0.25, -0.2) is 0 Å². The number of fused-ring (bicyclic) bond motifs is 5. The average Bonchev–Trinajstić information content (AvgIpc) is 3.01. The van der Waals surface area contributed by atoms with Gasteiger partial charge in [-0.2, -0.15) is 0 Å². The Kier molecular flexibility index (Phi) is 5.82. The molecule has 0 heterocycles. The van der Waals surface area contributed by atoms with Crippen molar-refractivity contribution in [3.63, 3.8) is 0 Å². The van der Waals surface area contributed by atoms with Gasteiger partial charge in [-0.15, -0.1) is 0 Å². The normalized spacial score (nSPS) is 47.4. The van der Waals surface area contributed by atoms with Crippen molar-refractivity contribution >= 4 is 0 Å². The van der Waals surface area contributed by atoms with Gasteiger partial charge in [0.05, 0.1) is 17.8 Å². The van der Waals surface area contributed by atoms with Gasteiger partial charge in [0.15, 0.2) is 0 Å². The van der Waals surface area contributed by atoms with E-state index in [4.69, 9.17) is 0 Å². The number of hydrogen-bond donors (Lipinski definition) is 3. The number of allylic oxidation sites excluding steroid dienone is 4. The lowest BCUT2D eigenvalue weighted by Crippen LogP contribution is -2.54. The highest BCUT2D eigenvalue weighted by molar-refractivity contribution is 5.30. The molecule has 0 radical (unpaired) electrons. The van der Waals surface area contributed by atoms with E-state index in [2.05, 4.69) is 46.8 Å². The second-order valence-corrected chi connectivity index (χ2v) is 12.1. The van der Waals surface area contributed by atoms with Crippen molar-refractivity contribution in [1.82, 2.24) is 0 Å². The first-order valence-corrected chi connectivity index (χ1v) is 12.4. The second kappa shape index (κ2) is 7.74. The molecule has 9 atom stereocenters. The van der Waals surface area contributed by atoms with Crippen LogP contribution in [0, 0.1) is 34.5 Å². The van der Waals surface area contributed by atoms with E-state index >= 15 is 0 Å². The predicted octanol–water partition coefficient (Wildman–Crippen LogP) is 5.39. The molecule has 3 saturated carbocycles. The third-order valence-corrected chi connectivity index (χ3v) is 9.97. The Morgan fingerprint density at radius 2 is 1.87 bits per heavy atom. The minimum absolute atomic E-state index is 0.0347. The Hall–Kier alpha value is -0.640. The third-order valence-electron chi connectivity index (χ3n) is 9.97. The molecule has 3 fully saturated rings. The lowest BCUT2D eigenvalue weighted by Gasteiger charge is -2.58. The topological polar surface area (TPSA) is 60.7 Å². The molecule has 0 aromatic heterocycles. The van der Waals surface area contributed by atoms with Gasteiger partial charge in [0.2, 0.25) is 0 Å². The number of aliphatic hydroxyl groups is 3. The van der Waals surface area contributed by atoms with Gasteiger partial charge >= 0.3 is 0 Å². The standard InChI is InChI=1S/C27H44O3/c1-17(2)7-6-12-27(5,30)24-9-8-20-19-16-23(29)22-15-18(28)10-13-25(22,3)21(19)11-14-26(20,24)4/h7,11,18-20,22-24,28-30H,6,8-10,12-16H2,1-5H3. The summed E-state index contributed by atoms with van der Waals surface area (Å²) in [4.78, 5) is 0. The molecule has 9 unspecified atom stereocenters.